The molecule has 1 atom stereocenters. The number of aliphatic hydroxyl groups is 1. The number of carbonyl (C=O) groups is 2. The van der Waals surface area contributed by atoms with Crippen LogP contribution in [0.3, 0.4) is 0 Å². The molecule has 0 saturated carbocycles. The summed E-state index contributed by atoms with van der Waals surface area (Å²) in [6, 6.07) is 5.54. The van der Waals surface area contributed by atoms with Gasteiger partial charge in [0.2, 0.25) is 0 Å². The van der Waals surface area contributed by atoms with Crippen molar-refractivity contribution in [1.82, 2.24) is 10.3 Å². The average Bonchev–Trinajstić information content (AvgIpc) is 2.82. The normalized spacial score (nSPS) is 12.3. The Morgan fingerprint density at radius 3 is 2.78 bits per heavy atom. The predicted octanol–water partition coefficient (Wildman–Crippen LogP) is 0.343. The Balaban J connectivity index is 2.28. The zero-order valence-corrected chi connectivity index (χ0v) is 9.38. The fourth-order valence-corrected chi connectivity index (χ4v) is 1.70. The number of aliphatic carboxylic acids is 1. The third kappa shape index (κ3) is 2.18. The van der Waals surface area contributed by atoms with E-state index in [4.69, 9.17) is 10.2 Å². The molecular weight excluding hydrogens is 236 g/mol. The molecular formula is C12H12N2O4. The molecule has 0 saturated heterocycles. The number of nitrogens with one attached hydrogen (secondary N) is 2. The van der Waals surface area contributed by atoms with Gasteiger partial charge in [-0.1, -0.05) is 6.07 Å². The molecule has 1 aromatic carbocycles. The minimum atomic E-state index is -1.30. The summed E-state index contributed by atoms with van der Waals surface area (Å²) in [5, 5.41) is 20.6. The van der Waals surface area contributed by atoms with E-state index in [1.807, 2.05) is 6.07 Å². The van der Waals surface area contributed by atoms with E-state index in [1.54, 1.807) is 24.4 Å². The second-order valence-electron chi connectivity index (χ2n) is 3.79. The summed E-state index contributed by atoms with van der Waals surface area (Å²) in [4.78, 5) is 25.6. The fraction of sp³-hybridized carbons (Fsp3) is 0.167. The first-order valence-electron chi connectivity index (χ1n) is 5.34. The van der Waals surface area contributed by atoms with Crippen molar-refractivity contribution in [2.45, 2.75) is 6.04 Å². The minimum Gasteiger partial charge on any atom is -0.480 e. The average molecular weight is 248 g/mol. The van der Waals surface area contributed by atoms with Gasteiger partial charge in [0, 0.05) is 22.7 Å². The van der Waals surface area contributed by atoms with Crippen molar-refractivity contribution < 1.29 is 19.8 Å². The molecule has 0 fully saturated rings. The summed E-state index contributed by atoms with van der Waals surface area (Å²) in [5.74, 6) is -1.80. The van der Waals surface area contributed by atoms with Crippen LogP contribution >= 0.6 is 0 Å². The summed E-state index contributed by atoms with van der Waals surface area (Å²) >= 11 is 0. The first-order chi connectivity index (χ1) is 8.63. The number of hydrogen-bond donors (Lipinski definition) is 4. The molecule has 0 bridgehead atoms. The standard InChI is InChI=1S/C12H12N2O4/c15-6-10(12(17)18)14-11(16)8-2-1-3-9-7(8)4-5-13-9/h1-5,10,13,15H,6H2,(H,14,16)(H,17,18)/t10-/m0/s1. The number of amides is 1. The van der Waals surface area contributed by atoms with Gasteiger partial charge in [0.15, 0.2) is 6.04 Å². The molecule has 0 unspecified atom stereocenters. The minimum absolute atomic E-state index is 0.369. The molecule has 0 aliphatic heterocycles. The molecule has 2 aromatic rings. The van der Waals surface area contributed by atoms with Crippen molar-refractivity contribution in [3.63, 3.8) is 0 Å². The van der Waals surface area contributed by atoms with Crippen molar-refractivity contribution >= 4 is 22.8 Å². The Morgan fingerprint density at radius 1 is 1.33 bits per heavy atom. The van der Waals surface area contributed by atoms with Gasteiger partial charge in [-0.25, -0.2) is 4.79 Å². The number of hydrogen-bond acceptors (Lipinski definition) is 3. The number of carboxylic acid groups (broad SMARTS) is 1. The number of aromatic amines is 1. The highest BCUT2D eigenvalue weighted by molar-refractivity contribution is 6.07. The molecule has 0 aliphatic rings. The maximum absolute atomic E-state index is 11.9. The topological polar surface area (TPSA) is 102 Å². The van der Waals surface area contributed by atoms with Crippen molar-refractivity contribution in [2.75, 3.05) is 6.61 Å². The zero-order valence-electron chi connectivity index (χ0n) is 9.38. The highest BCUT2D eigenvalue weighted by atomic mass is 16.4. The van der Waals surface area contributed by atoms with Gasteiger partial charge in [0.1, 0.15) is 0 Å². The highest BCUT2D eigenvalue weighted by Gasteiger charge is 2.20. The third-order valence-corrected chi connectivity index (χ3v) is 2.63. The summed E-state index contributed by atoms with van der Waals surface area (Å²) in [6.07, 6.45) is 1.70. The van der Waals surface area contributed by atoms with Crippen molar-refractivity contribution in [3.05, 3.63) is 36.0 Å². The van der Waals surface area contributed by atoms with E-state index in [0.717, 1.165) is 5.52 Å². The van der Waals surface area contributed by atoms with Gasteiger partial charge in [-0.2, -0.15) is 0 Å². The molecule has 94 valence electrons. The highest BCUT2D eigenvalue weighted by Crippen LogP contribution is 2.17. The van der Waals surface area contributed by atoms with Crippen molar-refractivity contribution in [1.29, 1.82) is 0 Å². The Kier molecular flexibility index (Phi) is 3.29. The molecule has 1 heterocycles. The zero-order chi connectivity index (χ0) is 13.1. The number of rotatable bonds is 4. The fourth-order valence-electron chi connectivity index (χ4n) is 1.70. The monoisotopic (exact) mass is 248 g/mol. The summed E-state index contributed by atoms with van der Waals surface area (Å²) < 4.78 is 0. The van der Waals surface area contributed by atoms with Crippen LogP contribution in [0.1, 0.15) is 10.4 Å². The summed E-state index contributed by atoms with van der Waals surface area (Å²) in [7, 11) is 0. The largest absolute Gasteiger partial charge is 0.480 e. The quantitative estimate of drug-likeness (QED) is 0.626. The van der Waals surface area contributed by atoms with Gasteiger partial charge in [0.25, 0.3) is 5.91 Å². The molecule has 4 N–H and O–H groups in total. The van der Waals surface area contributed by atoms with Crippen LogP contribution in [-0.4, -0.2) is 39.7 Å². The van der Waals surface area contributed by atoms with E-state index in [1.165, 1.54) is 0 Å². The molecule has 6 nitrogen and oxygen atoms in total. The number of benzene rings is 1. The molecule has 18 heavy (non-hydrogen) atoms. The van der Waals surface area contributed by atoms with Crippen LogP contribution in [0, 0.1) is 0 Å². The molecule has 0 spiro atoms. The maximum atomic E-state index is 11.9. The molecule has 0 radical (unpaired) electrons. The smallest absolute Gasteiger partial charge is 0.328 e. The SMILES string of the molecule is O=C(N[C@@H](CO)C(=O)O)c1cccc2[nH]ccc12. The van der Waals surface area contributed by atoms with Crippen molar-refractivity contribution in [2.24, 2.45) is 0 Å². The van der Waals surface area contributed by atoms with Gasteiger partial charge in [-0.05, 0) is 18.2 Å². The number of aliphatic hydroxyl groups excluding tert-OH is 1. The van der Waals surface area contributed by atoms with Crippen LogP contribution < -0.4 is 5.32 Å². The number of carboxylic acids is 1. The predicted molar refractivity (Wildman–Crippen MR) is 64.3 cm³/mol. The van der Waals surface area contributed by atoms with E-state index in [-0.39, 0.29) is 0 Å². The molecule has 6 heteroatoms. The molecule has 0 aliphatic carbocycles. The Morgan fingerprint density at radius 2 is 2.11 bits per heavy atom. The van der Waals surface area contributed by atoms with Crippen LogP contribution in [0.25, 0.3) is 10.9 Å². The van der Waals surface area contributed by atoms with Gasteiger partial charge in [-0.3, -0.25) is 4.79 Å². The van der Waals surface area contributed by atoms with Crippen LogP contribution in [0.5, 0.6) is 0 Å². The lowest BCUT2D eigenvalue weighted by Gasteiger charge is -2.12. The lowest BCUT2D eigenvalue weighted by molar-refractivity contribution is -0.140. The Labute approximate surface area is 102 Å². The van der Waals surface area contributed by atoms with E-state index >= 15 is 0 Å². The molecule has 2 rings (SSSR count). The first-order valence-corrected chi connectivity index (χ1v) is 5.34. The third-order valence-electron chi connectivity index (χ3n) is 2.63. The summed E-state index contributed by atoms with van der Waals surface area (Å²) in [6.45, 7) is -0.649. The van der Waals surface area contributed by atoms with E-state index in [9.17, 15) is 9.59 Å². The lowest BCUT2D eigenvalue weighted by Crippen LogP contribution is -2.43. The van der Waals surface area contributed by atoms with E-state index < -0.39 is 24.5 Å². The number of aromatic nitrogens is 1. The van der Waals surface area contributed by atoms with Gasteiger partial charge < -0.3 is 20.5 Å². The van der Waals surface area contributed by atoms with Gasteiger partial charge in [0.05, 0.1) is 6.61 Å². The van der Waals surface area contributed by atoms with Crippen LogP contribution in [0.4, 0.5) is 0 Å². The Hall–Kier alpha value is -2.34. The molecule has 1 amide bonds. The molecule has 1 aromatic heterocycles. The number of H-pyrrole nitrogens is 1. The first kappa shape index (κ1) is 12.1. The van der Waals surface area contributed by atoms with E-state index in [0.29, 0.717) is 10.9 Å². The van der Waals surface area contributed by atoms with Crippen LogP contribution in [0.15, 0.2) is 30.5 Å². The van der Waals surface area contributed by atoms with E-state index in [2.05, 4.69) is 10.3 Å². The lowest BCUT2D eigenvalue weighted by atomic mass is 10.1. The maximum Gasteiger partial charge on any atom is 0.328 e. The number of carbonyl (C=O) groups excluding carboxylic acids is 1. The van der Waals surface area contributed by atoms with Gasteiger partial charge in [-0.15, -0.1) is 0 Å². The summed E-state index contributed by atoms with van der Waals surface area (Å²) in [5.41, 5.74) is 1.16. The second kappa shape index (κ2) is 4.89. The Bertz CT molecular complexity index is 591. The van der Waals surface area contributed by atoms with Crippen LogP contribution in [0.2, 0.25) is 0 Å². The van der Waals surface area contributed by atoms with Crippen molar-refractivity contribution in [3.8, 4) is 0 Å². The van der Waals surface area contributed by atoms with Crippen LogP contribution in [-0.2, 0) is 4.79 Å². The second-order valence-corrected chi connectivity index (χ2v) is 3.79. The van der Waals surface area contributed by atoms with Gasteiger partial charge >= 0.3 is 5.97 Å². The number of fused-ring (bicyclic) bond motifs is 1.